The third kappa shape index (κ3) is 3.20. The van der Waals surface area contributed by atoms with Crippen LogP contribution in [0.2, 0.25) is 0 Å². The third-order valence-corrected chi connectivity index (χ3v) is 2.74. The first-order valence-electron chi connectivity index (χ1n) is 5.64. The molecule has 0 aromatic heterocycles. The van der Waals surface area contributed by atoms with Crippen LogP contribution in [0.4, 0.5) is 0 Å². The van der Waals surface area contributed by atoms with Crippen molar-refractivity contribution in [2.75, 3.05) is 6.54 Å². The Labute approximate surface area is 101 Å². The SMILES string of the molecule is CC(C)CNC(C)(C(=O)O)c1ccc(O)cc1. The summed E-state index contributed by atoms with van der Waals surface area (Å²) in [5.41, 5.74) is -0.499. The highest BCUT2D eigenvalue weighted by Crippen LogP contribution is 2.23. The van der Waals surface area contributed by atoms with Crippen molar-refractivity contribution in [2.45, 2.75) is 26.3 Å². The van der Waals surface area contributed by atoms with Crippen LogP contribution in [0.3, 0.4) is 0 Å². The number of aromatic hydroxyl groups is 1. The van der Waals surface area contributed by atoms with Gasteiger partial charge in [0.2, 0.25) is 0 Å². The molecule has 0 aliphatic heterocycles. The zero-order valence-corrected chi connectivity index (χ0v) is 10.4. The minimum Gasteiger partial charge on any atom is -0.508 e. The van der Waals surface area contributed by atoms with Crippen molar-refractivity contribution in [3.63, 3.8) is 0 Å². The fourth-order valence-electron chi connectivity index (χ4n) is 1.50. The van der Waals surface area contributed by atoms with E-state index in [-0.39, 0.29) is 5.75 Å². The van der Waals surface area contributed by atoms with Gasteiger partial charge in [-0.25, -0.2) is 4.79 Å². The van der Waals surface area contributed by atoms with Crippen molar-refractivity contribution in [3.05, 3.63) is 29.8 Å². The number of aliphatic carboxylic acids is 1. The maximum atomic E-state index is 11.4. The number of phenolic OH excluding ortho intramolecular Hbond substituents is 1. The third-order valence-electron chi connectivity index (χ3n) is 2.74. The number of rotatable bonds is 5. The molecule has 94 valence electrons. The molecule has 1 atom stereocenters. The van der Waals surface area contributed by atoms with Crippen molar-refractivity contribution in [1.82, 2.24) is 5.32 Å². The molecule has 0 radical (unpaired) electrons. The zero-order chi connectivity index (χ0) is 13.1. The largest absolute Gasteiger partial charge is 0.508 e. The molecule has 0 heterocycles. The average Bonchev–Trinajstić information content (AvgIpc) is 2.26. The summed E-state index contributed by atoms with van der Waals surface area (Å²) < 4.78 is 0. The number of hydrogen-bond acceptors (Lipinski definition) is 3. The van der Waals surface area contributed by atoms with Crippen molar-refractivity contribution in [3.8, 4) is 5.75 Å². The molecule has 1 rings (SSSR count). The molecule has 0 bridgehead atoms. The van der Waals surface area contributed by atoms with E-state index in [2.05, 4.69) is 5.32 Å². The van der Waals surface area contributed by atoms with Gasteiger partial charge in [0.15, 0.2) is 0 Å². The summed E-state index contributed by atoms with van der Waals surface area (Å²) in [6, 6.07) is 6.23. The lowest BCUT2D eigenvalue weighted by Crippen LogP contribution is -2.47. The summed E-state index contributed by atoms with van der Waals surface area (Å²) in [4.78, 5) is 11.4. The summed E-state index contributed by atoms with van der Waals surface area (Å²) in [6.45, 7) is 6.28. The molecule has 0 saturated heterocycles. The Morgan fingerprint density at radius 3 is 2.29 bits per heavy atom. The molecule has 1 aromatic rings. The topological polar surface area (TPSA) is 69.6 Å². The van der Waals surface area contributed by atoms with E-state index < -0.39 is 11.5 Å². The predicted octanol–water partition coefficient (Wildman–Crippen LogP) is 1.94. The van der Waals surface area contributed by atoms with Crippen LogP contribution in [0.25, 0.3) is 0 Å². The van der Waals surface area contributed by atoms with Gasteiger partial charge in [-0.2, -0.15) is 0 Å². The van der Waals surface area contributed by atoms with Gasteiger partial charge in [-0.05, 0) is 37.1 Å². The highest BCUT2D eigenvalue weighted by molar-refractivity contribution is 5.80. The van der Waals surface area contributed by atoms with Crippen LogP contribution >= 0.6 is 0 Å². The molecule has 4 nitrogen and oxygen atoms in total. The second-order valence-corrected chi connectivity index (χ2v) is 4.75. The standard InChI is InChI=1S/C13H19NO3/c1-9(2)8-14-13(3,12(16)17)10-4-6-11(15)7-5-10/h4-7,9,14-15H,8H2,1-3H3,(H,16,17). The van der Waals surface area contributed by atoms with E-state index in [1.54, 1.807) is 19.1 Å². The van der Waals surface area contributed by atoms with Gasteiger partial charge in [0.1, 0.15) is 11.3 Å². The fraction of sp³-hybridized carbons (Fsp3) is 0.462. The van der Waals surface area contributed by atoms with E-state index in [0.29, 0.717) is 18.0 Å². The first-order chi connectivity index (χ1) is 7.86. The Morgan fingerprint density at radius 1 is 1.35 bits per heavy atom. The normalized spacial score (nSPS) is 14.6. The molecule has 0 spiro atoms. The number of carboxylic acids is 1. The van der Waals surface area contributed by atoms with Crippen LogP contribution in [-0.4, -0.2) is 22.7 Å². The molecule has 1 unspecified atom stereocenters. The Morgan fingerprint density at radius 2 is 1.88 bits per heavy atom. The summed E-state index contributed by atoms with van der Waals surface area (Å²) in [5.74, 6) is -0.431. The zero-order valence-electron chi connectivity index (χ0n) is 10.4. The summed E-state index contributed by atoms with van der Waals surface area (Å²) in [6.07, 6.45) is 0. The molecule has 17 heavy (non-hydrogen) atoms. The number of benzene rings is 1. The van der Waals surface area contributed by atoms with Crippen molar-refractivity contribution < 1.29 is 15.0 Å². The molecule has 4 heteroatoms. The van der Waals surface area contributed by atoms with Gasteiger partial charge < -0.3 is 10.2 Å². The van der Waals surface area contributed by atoms with Crippen LogP contribution in [0.15, 0.2) is 24.3 Å². The van der Waals surface area contributed by atoms with Gasteiger partial charge in [-0.15, -0.1) is 0 Å². The Kier molecular flexibility index (Phi) is 4.12. The van der Waals surface area contributed by atoms with Crippen molar-refractivity contribution in [1.29, 1.82) is 0 Å². The van der Waals surface area contributed by atoms with E-state index in [1.807, 2.05) is 13.8 Å². The van der Waals surface area contributed by atoms with Gasteiger partial charge >= 0.3 is 5.97 Å². The molecule has 0 fully saturated rings. The highest BCUT2D eigenvalue weighted by Gasteiger charge is 2.34. The maximum absolute atomic E-state index is 11.4. The Bertz CT molecular complexity index is 386. The van der Waals surface area contributed by atoms with Gasteiger partial charge in [0, 0.05) is 0 Å². The monoisotopic (exact) mass is 237 g/mol. The molecule has 0 amide bonds. The predicted molar refractivity (Wildman–Crippen MR) is 65.9 cm³/mol. The Hall–Kier alpha value is -1.55. The summed E-state index contributed by atoms with van der Waals surface area (Å²) in [5, 5.41) is 21.6. The van der Waals surface area contributed by atoms with E-state index in [4.69, 9.17) is 0 Å². The summed E-state index contributed by atoms with van der Waals surface area (Å²) in [7, 11) is 0. The van der Waals surface area contributed by atoms with Crippen LogP contribution in [0, 0.1) is 5.92 Å². The summed E-state index contributed by atoms with van der Waals surface area (Å²) >= 11 is 0. The molecule has 0 saturated carbocycles. The lowest BCUT2D eigenvalue weighted by Gasteiger charge is -2.28. The number of carbonyl (C=O) groups is 1. The lowest BCUT2D eigenvalue weighted by atomic mass is 9.91. The minimum absolute atomic E-state index is 0.130. The quantitative estimate of drug-likeness (QED) is 0.732. The van der Waals surface area contributed by atoms with Gasteiger partial charge in [0.25, 0.3) is 0 Å². The van der Waals surface area contributed by atoms with Crippen molar-refractivity contribution in [2.24, 2.45) is 5.92 Å². The lowest BCUT2D eigenvalue weighted by molar-refractivity contribution is -0.144. The second kappa shape index (κ2) is 5.19. The minimum atomic E-state index is -1.13. The molecular formula is C13H19NO3. The molecule has 0 aliphatic rings. The smallest absolute Gasteiger partial charge is 0.328 e. The molecular weight excluding hydrogens is 218 g/mol. The molecule has 0 aliphatic carbocycles. The maximum Gasteiger partial charge on any atom is 0.328 e. The van der Waals surface area contributed by atoms with Crippen molar-refractivity contribution >= 4 is 5.97 Å². The second-order valence-electron chi connectivity index (χ2n) is 4.75. The van der Waals surface area contributed by atoms with Crippen LogP contribution < -0.4 is 5.32 Å². The molecule has 1 aromatic carbocycles. The number of hydrogen-bond donors (Lipinski definition) is 3. The first kappa shape index (κ1) is 13.5. The number of phenols is 1. The van der Waals surface area contributed by atoms with Crippen LogP contribution in [0.5, 0.6) is 5.75 Å². The van der Waals surface area contributed by atoms with E-state index in [1.165, 1.54) is 12.1 Å². The average molecular weight is 237 g/mol. The van der Waals surface area contributed by atoms with E-state index >= 15 is 0 Å². The van der Waals surface area contributed by atoms with Gasteiger partial charge in [0.05, 0.1) is 0 Å². The van der Waals surface area contributed by atoms with Gasteiger partial charge in [-0.3, -0.25) is 5.32 Å². The Balaban J connectivity index is 2.98. The number of nitrogens with one attached hydrogen (secondary N) is 1. The molecule has 3 N–H and O–H groups in total. The number of carboxylic acid groups (broad SMARTS) is 1. The van der Waals surface area contributed by atoms with Crippen LogP contribution in [0.1, 0.15) is 26.3 Å². The van der Waals surface area contributed by atoms with E-state index in [0.717, 1.165) is 0 Å². The van der Waals surface area contributed by atoms with Crippen LogP contribution in [-0.2, 0) is 10.3 Å². The fourth-order valence-corrected chi connectivity index (χ4v) is 1.50. The van der Waals surface area contributed by atoms with E-state index in [9.17, 15) is 15.0 Å². The first-order valence-corrected chi connectivity index (χ1v) is 5.64. The highest BCUT2D eigenvalue weighted by atomic mass is 16.4. The van der Waals surface area contributed by atoms with Gasteiger partial charge in [-0.1, -0.05) is 26.0 Å².